The van der Waals surface area contributed by atoms with Crippen LogP contribution in [0, 0.1) is 0 Å². The van der Waals surface area contributed by atoms with Crippen LogP contribution >= 0.6 is 0 Å². The standard InChI is InChI=1S/C26H36N2O4/c1-30-23-11-9-21(10-12-23)25(28-13-15-31-16-14-28)18-27-17-22(29)19-32-26-8-4-6-20-5-2-3-7-24(20)26/h2-3,5,7,9-12,22,25-27,29H,4,6,8,13-19H2,1H3/t22-,25-,26-/m0/s1. The Bertz CT molecular complexity index is 823. The van der Waals surface area contributed by atoms with E-state index in [1.165, 1.54) is 16.7 Å². The van der Waals surface area contributed by atoms with Crippen LogP contribution in [0.5, 0.6) is 5.75 Å². The molecule has 0 spiro atoms. The lowest BCUT2D eigenvalue weighted by Gasteiger charge is -2.35. The van der Waals surface area contributed by atoms with E-state index in [9.17, 15) is 5.11 Å². The van der Waals surface area contributed by atoms with E-state index in [1.807, 2.05) is 12.1 Å². The normalized spacial score (nSPS) is 21.0. The van der Waals surface area contributed by atoms with Gasteiger partial charge in [-0.3, -0.25) is 4.90 Å². The number of aliphatic hydroxyl groups excluding tert-OH is 1. The number of nitrogens with one attached hydrogen (secondary N) is 1. The van der Waals surface area contributed by atoms with Crippen LogP contribution in [0.4, 0.5) is 0 Å². The summed E-state index contributed by atoms with van der Waals surface area (Å²) in [5.41, 5.74) is 3.90. The van der Waals surface area contributed by atoms with Crippen molar-refractivity contribution in [3.63, 3.8) is 0 Å². The lowest BCUT2D eigenvalue weighted by molar-refractivity contribution is -0.0180. The van der Waals surface area contributed by atoms with E-state index in [2.05, 4.69) is 46.6 Å². The zero-order valence-electron chi connectivity index (χ0n) is 19.0. The third-order valence-corrected chi connectivity index (χ3v) is 6.51. The highest BCUT2D eigenvalue weighted by Gasteiger charge is 2.24. The van der Waals surface area contributed by atoms with Gasteiger partial charge in [-0.1, -0.05) is 36.4 Å². The fraction of sp³-hybridized carbons (Fsp3) is 0.538. The smallest absolute Gasteiger partial charge is 0.118 e. The van der Waals surface area contributed by atoms with E-state index in [4.69, 9.17) is 14.2 Å². The van der Waals surface area contributed by atoms with Gasteiger partial charge in [0, 0.05) is 32.2 Å². The van der Waals surface area contributed by atoms with E-state index in [0.29, 0.717) is 13.2 Å². The van der Waals surface area contributed by atoms with Gasteiger partial charge in [-0.2, -0.15) is 0 Å². The number of nitrogens with zero attached hydrogens (tertiary/aromatic N) is 1. The van der Waals surface area contributed by atoms with Crippen LogP contribution in [0.25, 0.3) is 0 Å². The summed E-state index contributed by atoms with van der Waals surface area (Å²) in [4.78, 5) is 2.44. The van der Waals surface area contributed by atoms with Gasteiger partial charge in [0.25, 0.3) is 0 Å². The number of benzene rings is 2. The van der Waals surface area contributed by atoms with Crippen molar-refractivity contribution in [1.29, 1.82) is 0 Å². The molecule has 0 saturated carbocycles. The first-order chi connectivity index (χ1) is 15.7. The third kappa shape index (κ3) is 6.09. The van der Waals surface area contributed by atoms with Gasteiger partial charge >= 0.3 is 0 Å². The van der Waals surface area contributed by atoms with Crippen molar-refractivity contribution in [1.82, 2.24) is 10.2 Å². The van der Waals surface area contributed by atoms with E-state index in [0.717, 1.165) is 57.9 Å². The minimum absolute atomic E-state index is 0.0926. The summed E-state index contributed by atoms with van der Waals surface area (Å²) in [6.45, 7) is 4.94. The molecule has 1 aliphatic carbocycles. The Morgan fingerprint density at radius 1 is 1.09 bits per heavy atom. The van der Waals surface area contributed by atoms with E-state index >= 15 is 0 Å². The van der Waals surface area contributed by atoms with Crippen molar-refractivity contribution in [2.75, 3.05) is 53.1 Å². The molecule has 0 unspecified atom stereocenters. The molecule has 2 aromatic rings. The summed E-state index contributed by atoms with van der Waals surface area (Å²) in [5.74, 6) is 0.860. The first-order valence-corrected chi connectivity index (χ1v) is 11.8. The molecule has 1 aliphatic heterocycles. The molecular formula is C26H36N2O4. The number of fused-ring (bicyclic) bond motifs is 1. The highest BCUT2D eigenvalue weighted by atomic mass is 16.5. The molecule has 174 valence electrons. The van der Waals surface area contributed by atoms with Gasteiger partial charge in [-0.15, -0.1) is 0 Å². The second-order valence-electron chi connectivity index (χ2n) is 8.66. The minimum Gasteiger partial charge on any atom is -0.497 e. The monoisotopic (exact) mass is 440 g/mol. The van der Waals surface area contributed by atoms with Gasteiger partial charge in [0.2, 0.25) is 0 Å². The fourth-order valence-electron chi connectivity index (χ4n) is 4.73. The molecule has 32 heavy (non-hydrogen) atoms. The molecule has 1 heterocycles. The van der Waals surface area contributed by atoms with Gasteiger partial charge < -0.3 is 24.6 Å². The third-order valence-electron chi connectivity index (χ3n) is 6.51. The number of methoxy groups -OCH3 is 1. The second-order valence-corrected chi connectivity index (χ2v) is 8.66. The molecule has 1 fully saturated rings. The Morgan fingerprint density at radius 2 is 1.88 bits per heavy atom. The van der Waals surface area contributed by atoms with E-state index in [-0.39, 0.29) is 12.1 Å². The van der Waals surface area contributed by atoms with Crippen LogP contribution in [0.15, 0.2) is 48.5 Å². The Balaban J connectivity index is 1.28. The van der Waals surface area contributed by atoms with Gasteiger partial charge in [0.15, 0.2) is 0 Å². The fourth-order valence-corrected chi connectivity index (χ4v) is 4.73. The minimum atomic E-state index is -0.537. The lowest BCUT2D eigenvalue weighted by atomic mass is 9.89. The van der Waals surface area contributed by atoms with Crippen LogP contribution < -0.4 is 10.1 Å². The van der Waals surface area contributed by atoms with Crippen molar-refractivity contribution in [3.05, 3.63) is 65.2 Å². The Labute approximate surface area is 191 Å². The molecule has 1 saturated heterocycles. The van der Waals surface area contributed by atoms with Gasteiger partial charge in [-0.25, -0.2) is 0 Å². The predicted octanol–water partition coefficient (Wildman–Crippen LogP) is 3.11. The first kappa shape index (κ1) is 23.2. The molecule has 6 heteroatoms. The van der Waals surface area contributed by atoms with E-state index in [1.54, 1.807) is 7.11 Å². The average Bonchev–Trinajstić information content (AvgIpc) is 2.86. The summed E-state index contributed by atoms with van der Waals surface area (Å²) in [6, 6.07) is 17.0. The SMILES string of the molecule is COc1ccc([C@H](CNC[C@H](O)CO[C@H]2CCCc3ccccc32)N2CCOCC2)cc1. The number of hydrogen-bond donors (Lipinski definition) is 2. The van der Waals surface area contributed by atoms with Crippen LogP contribution in [0.2, 0.25) is 0 Å². The molecule has 0 radical (unpaired) electrons. The number of aryl methyl sites for hydroxylation is 1. The molecule has 0 amide bonds. The number of aliphatic hydroxyl groups is 1. The summed E-state index contributed by atoms with van der Waals surface area (Å²) >= 11 is 0. The predicted molar refractivity (Wildman–Crippen MR) is 125 cm³/mol. The first-order valence-electron chi connectivity index (χ1n) is 11.8. The summed E-state index contributed by atoms with van der Waals surface area (Å²) in [5, 5.41) is 14.0. The molecular weight excluding hydrogens is 404 g/mol. The molecule has 6 nitrogen and oxygen atoms in total. The van der Waals surface area contributed by atoms with Crippen molar-refractivity contribution in [2.24, 2.45) is 0 Å². The zero-order chi connectivity index (χ0) is 22.2. The van der Waals surface area contributed by atoms with Gasteiger partial charge in [0.1, 0.15) is 5.75 Å². The summed E-state index contributed by atoms with van der Waals surface area (Å²) in [7, 11) is 1.69. The molecule has 0 bridgehead atoms. The zero-order valence-corrected chi connectivity index (χ0v) is 19.0. The second kappa shape index (κ2) is 11.8. The maximum atomic E-state index is 10.6. The van der Waals surface area contributed by atoms with Crippen LogP contribution in [-0.2, 0) is 15.9 Å². The molecule has 4 rings (SSSR count). The summed E-state index contributed by atoms with van der Waals surface area (Å²) < 4.78 is 17.0. The molecule has 3 atom stereocenters. The quantitative estimate of drug-likeness (QED) is 0.592. The highest BCUT2D eigenvalue weighted by molar-refractivity contribution is 5.31. The van der Waals surface area contributed by atoms with E-state index < -0.39 is 6.10 Å². The number of morpholine rings is 1. The molecule has 0 aromatic heterocycles. The maximum Gasteiger partial charge on any atom is 0.118 e. The van der Waals surface area contributed by atoms with Crippen molar-refractivity contribution in [3.8, 4) is 5.75 Å². The van der Waals surface area contributed by atoms with Crippen LogP contribution in [0.1, 0.15) is 41.7 Å². The Kier molecular flexibility index (Phi) is 8.54. The largest absolute Gasteiger partial charge is 0.497 e. The summed E-state index contributed by atoms with van der Waals surface area (Å²) in [6.07, 6.45) is 2.83. The van der Waals surface area contributed by atoms with Gasteiger partial charge in [-0.05, 0) is 48.1 Å². The highest BCUT2D eigenvalue weighted by Crippen LogP contribution is 2.32. The number of ether oxygens (including phenoxy) is 3. The van der Waals surface area contributed by atoms with Crippen molar-refractivity contribution >= 4 is 0 Å². The Morgan fingerprint density at radius 3 is 2.66 bits per heavy atom. The van der Waals surface area contributed by atoms with Crippen LogP contribution in [0.3, 0.4) is 0 Å². The van der Waals surface area contributed by atoms with Gasteiger partial charge in [0.05, 0.1) is 39.1 Å². The van der Waals surface area contributed by atoms with Crippen LogP contribution in [-0.4, -0.2) is 69.2 Å². The lowest BCUT2D eigenvalue weighted by Crippen LogP contribution is -2.44. The molecule has 2 N–H and O–H groups in total. The number of rotatable bonds is 10. The molecule has 2 aliphatic rings. The average molecular weight is 441 g/mol. The topological polar surface area (TPSA) is 63.2 Å². The Hall–Kier alpha value is -1.96. The van der Waals surface area contributed by atoms with Crippen molar-refractivity contribution in [2.45, 2.75) is 37.5 Å². The van der Waals surface area contributed by atoms with Crippen molar-refractivity contribution < 1.29 is 19.3 Å². The number of hydrogen-bond acceptors (Lipinski definition) is 6. The maximum absolute atomic E-state index is 10.6. The molecule has 2 aromatic carbocycles.